The largest absolute Gasteiger partial charge is 0.369 e. The molecule has 5 nitrogen and oxygen atoms in total. The highest BCUT2D eigenvalue weighted by molar-refractivity contribution is 6.30. The maximum absolute atomic E-state index is 6.12. The number of hydrogen-bond acceptors (Lipinski definition) is 4. The third-order valence-electron chi connectivity index (χ3n) is 5.35. The average molecular weight is 411 g/mol. The van der Waals surface area contributed by atoms with Crippen LogP contribution in [0.5, 0.6) is 0 Å². The lowest BCUT2D eigenvalue weighted by atomic mass is 10.1. The van der Waals surface area contributed by atoms with Gasteiger partial charge in [-0.3, -0.25) is 14.6 Å². The third-order valence-corrected chi connectivity index (χ3v) is 5.58. The molecule has 0 N–H and O–H groups in total. The van der Waals surface area contributed by atoms with E-state index in [0.717, 1.165) is 60.3 Å². The molecule has 1 fully saturated rings. The van der Waals surface area contributed by atoms with Crippen molar-refractivity contribution in [1.82, 2.24) is 19.7 Å². The number of nitrogens with zero attached hydrogens (tertiary/aromatic N) is 4. The fraction of sp³-hybridized carbons (Fsp3) is 0.391. The minimum absolute atomic E-state index is 0.00964. The van der Waals surface area contributed by atoms with Gasteiger partial charge in [-0.1, -0.05) is 29.8 Å². The number of benzene rings is 1. The first kappa shape index (κ1) is 20.1. The smallest absolute Gasteiger partial charge is 0.112 e. The zero-order chi connectivity index (χ0) is 20.2. The Labute approximate surface area is 177 Å². The van der Waals surface area contributed by atoms with E-state index in [1.807, 2.05) is 22.9 Å². The second-order valence-electron chi connectivity index (χ2n) is 7.55. The van der Waals surface area contributed by atoms with Crippen molar-refractivity contribution < 1.29 is 4.74 Å². The van der Waals surface area contributed by atoms with E-state index in [9.17, 15) is 0 Å². The van der Waals surface area contributed by atoms with Crippen LogP contribution < -0.4 is 0 Å². The number of rotatable bonds is 6. The summed E-state index contributed by atoms with van der Waals surface area (Å²) in [6, 6.07) is 14.1. The van der Waals surface area contributed by atoms with E-state index < -0.39 is 0 Å². The van der Waals surface area contributed by atoms with Gasteiger partial charge in [-0.2, -0.15) is 5.10 Å². The zero-order valence-electron chi connectivity index (χ0n) is 17.0. The topological polar surface area (TPSA) is 43.2 Å². The first-order valence-electron chi connectivity index (χ1n) is 10.2. The highest BCUT2D eigenvalue weighted by atomic mass is 35.5. The molecule has 0 saturated carbocycles. The summed E-state index contributed by atoms with van der Waals surface area (Å²) in [6.07, 6.45) is 2.91. The lowest BCUT2D eigenvalue weighted by molar-refractivity contribution is -0.0351. The summed E-state index contributed by atoms with van der Waals surface area (Å²) in [5, 5.41) is 5.32. The first-order chi connectivity index (χ1) is 14.1. The maximum atomic E-state index is 6.12. The molecule has 152 valence electrons. The second kappa shape index (κ2) is 9.08. The molecule has 0 bridgehead atoms. The zero-order valence-corrected chi connectivity index (χ0v) is 17.8. The van der Waals surface area contributed by atoms with Gasteiger partial charge >= 0.3 is 0 Å². The molecular weight excluding hydrogens is 384 g/mol. The fourth-order valence-electron chi connectivity index (χ4n) is 3.77. The Kier molecular flexibility index (Phi) is 6.28. The Morgan fingerprint density at radius 1 is 1.21 bits per heavy atom. The normalized spacial score (nSPS) is 17.6. The Hall–Kier alpha value is -2.21. The van der Waals surface area contributed by atoms with E-state index in [-0.39, 0.29) is 6.10 Å². The quantitative estimate of drug-likeness (QED) is 0.603. The van der Waals surface area contributed by atoms with E-state index >= 15 is 0 Å². The van der Waals surface area contributed by atoms with E-state index in [1.165, 1.54) is 5.56 Å². The fourth-order valence-corrected chi connectivity index (χ4v) is 3.99. The Balaban J connectivity index is 1.44. The minimum Gasteiger partial charge on any atom is -0.369 e. The molecule has 3 aromatic rings. The van der Waals surface area contributed by atoms with Crippen molar-refractivity contribution >= 4 is 11.6 Å². The standard InChI is InChI=1S/C23H27ClN4O/c1-3-28-15-19(17(2)26-28)14-27-10-11-29-23(16-27)22-9-5-8-21(25-22)13-18-6-4-7-20(24)12-18/h4-9,12,15,23H,3,10-11,13-14,16H2,1-2H3. The summed E-state index contributed by atoms with van der Waals surface area (Å²) in [6.45, 7) is 8.47. The van der Waals surface area contributed by atoms with Crippen molar-refractivity contribution in [3.05, 3.63) is 81.9 Å². The molecule has 0 aliphatic carbocycles. The van der Waals surface area contributed by atoms with Crippen LogP contribution in [-0.2, 0) is 24.2 Å². The molecule has 0 spiro atoms. The van der Waals surface area contributed by atoms with Crippen LogP contribution in [0, 0.1) is 6.92 Å². The van der Waals surface area contributed by atoms with Gasteiger partial charge in [-0.05, 0) is 43.7 Å². The Bertz CT molecular complexity index is 971. The molecule has 3 heterocycles. The molecule has 0 radical (unpaired) electrons. The van der Waals surface area contributed by atoms with Gasteiger partial charge in [0.1, 0.15) is 6.10 Å². The van der Waals surface area contributed by atoms with Crippen molar-refractivity contribution in [2.75, 3.05) is 19.7 Å². The van der Waals surface area contributed by atoms with Gasteiger partial charge in [0.15, 0.2) is 0 Å². The molecule has 1 aliphatic heterocycles. The summed E-state index contributed by atoms with van der Waals surface area (Å²) in [5.41, 5.74) is 5.59. The van der Waals surface area contributed by atoms with Crippen molar-refractivity contribution in [3.63, 3.8) is 0 Å². The molecule has 1 aromatic carbocycles. The molecule has 0 amide bonds. The number of halogens is 1. The van der Waals surface area contributed by atoms with Crippen LogP contribution in [-0.4, -0.2) is 39.4 Å². The van der Waals surface area contributed by atoms with E-state index in [0.29, 0.717) is 6.61 Å². The second-order valence-corrected chi connectivity index (χ2v) is 7.99. The van der Waals surface area contributed by atoms with Gasteiger partial charge in [0.2, 0.25) is 0 Å². The van der Waals surface area contributed by atoms with Crippen LogP contribution in [0.15, 0.2) is 48.7 Å². The summed E-state index contributed by atoms with van der Waals surface area (Å²) in [7, 11) is 0. The molecule has 1 atom stereocenters. The summed E-state index contributed by atoms with van der Waals surface area (Å²) in [5.74, 6) is 0. The van der Waals surface area contributed by atoms with Crippen LogP contribution in [0.1, 0.15) is 41.2 Å². The molecule has 29 heavy (non-hydrogen) atoms. The van der Waals surface area contributed by atoms with E-state index in [2.05, 4.69) is 54.3 Å². The van der Waals surface area contributed by atoms with E-state index in [4.69, 9.17) is 21.3 Å². The lowest BCUT2D eigenvalue weighted by Crippen LogP contribution is -2.38. The van der Waals surface area contributed by atoms with Gasteiger partial charge < -0.3 is 4.74 Å². The van der Waals surface area contributed by atoms with Crippen molar-refractivity contribution in [3.8, 4) is 0 Å². The Morgan fingerprint density at radius 2 is 2.07 bits per heavy atom. The highest BCUT2D eigenvalue weighted by Gasteiger charge is 2.24. The molecule has 1 unspecified atom stereocenters. The van der Waals surface area contributed by atoms with Crippen LogP contribution >= 0.6 is 11.6 Å². The van der Waals surface area contributed by atoms with Gasteiger partial charge in [0, 0.05) is 55.1 Å². The molecular formula is C23H27ClN4O. The van der Waals surface area contributed by atoms with Crippen molar-refractivity contribution in [1.29, 1.82) is 0 Å². The molecule has 4 rings (SSSR count). The number of aromatic nitrogens is 3. The van der Waals surface area contributed by atoms with Crippen LogP contribution in [0.25, 0.3) is 0 Å². The number of morpholine rings is 1. The SMILES string of the molecule is CCn1cc(CN2CCOC(c3cccc(Cc4cccc(Cl)c4)n3)C2)c(C)n1. The van der Waals surface area contributed by atoms with Crippen LogP contribution in [0.2, 0.25) is 5.02 Å². The first-order valence-corrected chi connectivity index (χ1v) is 10.6. The Morgan fingerprint density at radius 3 is 2.86 bits per heavy atom. The average Bonchev–Trinajstić information content (AvgIpc) is 3.08. The summed E-state index contributed by atoms with van der Waals surface area (Å²) >= 11 is 6.12. The predicted octanol–water partition coefficient (Wildman–Crippen LogP) is 4.42. The summed E-state index contributed by atoms with van der Waals surface area (Å²) in [4.78, 5) is 7.32. The molecule has 6 heteroatoms. The molecule has 1 aliphatic rings. The lowest BCUT2D eigenvalue weighted by Gasteiger charge is -2.32. The maximum Gasteiger partial charge on any atom is 0.112 e. The third kappa shape index (κ3) is 5.04. The predicted molar refractivity (Wildman–Crippen MR) is 115 cm³/mol. The van der Waals surface area contributed by atoms with Gasteiger partial charge in [-0.15, -0.1) is 0 Å². The van der Waals surface area contributed by atoms with Crippen molar-refractivity contribution in [2.24, 2.45) is 0 Å². The monoisotopic (exact) mass is 410 g/mol. The number of ether oxygens (including phenoxy) is 1. The van der Waals surface area contributed by atoms with Gasteiger partial charge in [0.05, 0.1) is 18.0 Å². The molecule has 2 aromatic heterocycles. The van der Waals surface area contributed by atoms with Gasteiger partial charge in [0.25, 0.3) is 0 Å². The van der Waals surface area contributed by atoms with Crippen molar-refractivity contribution in [2.45, 2.75) is 39.5 Å². The summed E-state index contributed by atoms with van der Waals surface area (Å²) < 4.78 is 8.07. The van der Waals surface area contributed by atoms with Gasteiger partial charge in [-0.25, -0.2) is 0 Å². The minimum atomic E-state index is -0.00964. The van der Waals surface area contributed by atoms with Crippen LogP contribution in [0.4, 0.5) is 0 Å². The number of aryl methyl sites for hydroxylation is 2. The van der Waals surface area contributed by atoms with E-state index in [1.54, 1.807) is 0 Å². The molecule has 1 saturated heterocycles. The van der Waals surface area contributed by atoms with Crippen LogP contribution in [0.3, 0.4) is 0 Å². The number of pyridine rings is 1. The number of hydrogen-bond donors (Lipinski definition) is 0. The highest BCUT2D eigenvalue weighted by Crippen LogP contribution is 2.23.